The summed E-state index contributed by atoms with van der Waals surface area (Å²) in [5.74, 6) is -0.858. The predicted molar refractivity (Wildman–Crippen MR) is 143 cm³/mol. The normalized spacial score (nSPS) is 14.9. The molecular formula is C27H36FN3O6S. The highest BCUT2D eigenvalue weighted by atomic mass is 32.2. The van der Waals surface area contributed by atoms with Crippen molar-refractivity contribution < 1.29 is 31.9 Å². The summed E-state index contributed by atoms with van der Waals surface area (Å²) >= 11 is 0. The van der Waals surface area contributed by atoms with Gasteiger partial charge in [0.25, 0.3) is 0 Å². The number of amides is 2. The van der Waals surface area contributed by atoms with Gasteiger partial charge in [0, 0.05) is 24.2 Å². The SMILES string of the molecule is COc1ccc(N(CC(=O)N(Cc2ccccc2F)[C@@H](C)C(=O)NC2CCCCC2)S(C)(=O)=O)cc1OC. The van der Waals surface area contributed by atoms with Gasteiger partial charge in [-0.2, -0.15) is 0 Å². The summed E-state index contributed by atoms with van der Waals surface area (Å²) in [6.07, 6.45) is 5.87. The van der Waals surface area contributed by atoms with E-state index in [4.69, 9.17) is 9.47 Å². The first-order chi connectivity index (χ1) is 18.0. The van der Waals surface area contributed by atoms with Crippen molar-refractivity contribution in [1.29, 1.82) is 0 Å². The molecule has 1 aliphatic carbocycles. The van der Waals surface area contributed by atoms with Crippen LogP contribution in [0, 0.1) is 5.82 Å². The minimum absolute atomic E-state index is 0.0170. The lowest BCUT2D eigenvalue weighted by Gasteiger charge is -2.33. The second-order valence-electron chi connectivity index (χ2n) is 9.44. The Hall–Kier alpha value is -3.34. The van der Waals surface area contributed by atoms with Crippen LogP contribution in [0.3, 0.4) is 0 Å². The van der Waals surface area contributed by atoms with Gasteiger partial charge < -0.3 is 19.7 Å². The first kappa shape index (κ1) is 29.2. The molecule has 1 fully saturated rings. The minimum Gasteiger partial charge on any atom is -0.493 e. The van der Waals surface area contributed by atoms with E-state index in [1.807, 2.05) is 0 Å². The molecule has 1 aliphatic rings. The molecule has 38 heavy (non-hydrogen) atoms. The Morgan fingerprint density at radius 2 is 1.71 bits per heavy atom. The van der Waals surface area contributed by atoms with Crippen molar-refractivity contribution in [1.82, 2.24) is 10.2 Å². The maximum Gasteiger partial charge on any atom is 0.244 e. The molecule has 0 aliphatic heterocycles. The van der Waals surface area contributed by atoms with Crippen molar-refractivity contribution in [3.8, 4) is 11.5 Å². The molecule has 2 amide bonds. The summed E-state index contributed by atoms with van der Waals surface area (Å²) in [6, 6.07) is 9.52. The Balaban J connectivity index is 1.91. The van der Waals surface area contributed by atoms with Crippen molar-refractivity contribution in [3.05, 3.63) is 53.8 Å². The van der Waals surface area contributed by atoms with Crippen LogP contribution in [0.2, 0.25) is 0 Å². The molecule has 1 saturated carbocycles. The Morgan fingerprint density at radius 1 is 1.05 bits per heavy atom. The third kappa shape index (κ3) is 7.37. The Bertz CT molecular complexity index is 1230. The number of benzene rings is 2. The van der Waals surface area contributed by atoms with E-state index in [0.717, 1.165) is 42.7 Å². The number of methoxy groups -OCH3 is 2. The van der Waals surface area contributed by atoms with Crippen LogP contribution in [0.25, 0.3) is 0 Å². The summed E-state index contributed by atoms with van der Waals surface area (Å²) in [5.41, 5.74) is 0.402. The van der Waals surface area contributed by atoms with E-state index in [9.17, 15) is 22.4 Å². The largest absolute Gasteiger partial charge is 0.493 e. The van der Waals surface area contributed by atoms with Crippen molar-refractivity contribution in [2.24, 2.45) is 0 Å². The molecule has 0 saturated heterocycles. The molecule has 0 aromatic heterocycles. The van der Waals surface area contributed by atoms with E-state index in [-0.39, 0.29) is 35.5 Å². The second-order valence-corrected chi connectivity index (χ2v) is 11.3. The summed E-state index contributed by atoms with van der Waals surface area (Å²) in [5, 5.41) is 3.01. The number of anilines is 1. The van der Waals surface area contributed by atoms with Crippen LogP contribution in [0.15, 0.2) is 42.5 Å². The van der Waals surface area contributed by atoms with E-state index in [2.05, 4.69) is 5.32 Å². The second kappa shape index (κ2) is 12.9. The maximum absolute atomic E-state index is 14.6. The van der Waals surface area contributed by atoms with Gasteiger partial charge in [-0.1, -0.05) is 37.5 Å². The quantitative estimate of drug-likeness (QED) is 0.460. The Morgan fingerprint density at radius 3 is 2.32 bits per heavy atom. The zero-order valence-electron chi connectivity index (χ0n) is 22.3. The van der Waals surface area contributed by atoms with Crippen LogP contribution < -0.4 is 19.1 Å². The lowest BCUT2D eigenvalue weighted by molar-refractivity contribution is -0.139. The molecule has 1 N–H and O–H groups in total. The molecule has 3 rings (SSSR count). The molecule has 11 heteroatoms. The van der Waals surface area contributed by atoms with Crippen LogP contribution in [-0.4, -0.2) is 64.2 Å². The molecule has 208 valence electrons. The standard InChI is InChI=1S/C27H36FN3O6S/c1-19(27(33)29-21-11-6-5-7-12-21)30(17-20-10-8-9-13-23(20)28)26(32)18-31(38(4,34)35)22-14-15-24(36-2)25(16-22)37-3/h8-10,13-16,19,21H,5-7,11-12,17-18H2,1-4H3,(H,29,33)/t19-/m0/s1. The summed E-state index contributed by atoms with van der Waals surface area (Å²) in [7, 11) is -1.05. The number of hydrogen-bond acceptors (Lipinski definition) is 6. The molecule has 0 heterocycles. The van der Waals surface area contributed by atoms with Gasteiger partial charge in [0.1, 0.15) is 18.4 Å². The molecule has 0 radical (unpaired) electrons. The van der Waals surface area contributed by atoms with Gasteiger partial charge in [-0.25, -0.2) is 12.8 Å². The number of halogens is 1. The lowest BCUT2D eigenvalue weighted by Crippen LogP contribution is -2.53. The first-order valence-electron chi connectivity index (χ1n) is 12.6. The van der Waals surface area contributed by atoms with Gasteiger partial charge in [-0.05, 0) is 38.0 Å². The fraction of sp³-hybridized carbons (Fsp3) is 0.481. The first-order valence-corrected chi connectivity index (χ1v) is 14.4. The molecule has 9 nitrogen and oxygen atoms in total. The van der Waals surface area contributed by atoms with E-state index >= 15 is 0 Å². The monoisotopic (exact) mass is 549 g/mol. The van der Waals surface area contributed by atoms with Gasteiger partial charge in [-0.3, -0.25) is 13.9 Å². The lowest BCUT2D eigenvalue weighted by atomic mass is 9.95. The highest BCUT2D eigenvalue weighted by Gasteiger charge is 2.32. The average Bonchev–Trinajstić information content (AvgIpc) is 2.90. The average molecular weight is 550 g/mol. The molecule has 0 bridgehead atoms. The van der Waals surface area contributed by atoms with Crippen LogP contribution in [0.4, 0.5) is 10.1 Å². The topological polar surface area (TPSA) is 105 Å². The molecular weight excluding hydrogens is 513 g/mol. The fourth-order valence-corrected chi connectivity index (χ4v) is 5.40. The number of nitrogens with one attached hydrogen (secondary N) is 1. The van der Waals surface area contributed by atoms with E-state index in [1.54, 1.807) is 13.0 Å². The van der Waals surface area contributed by atoms with Gasteiger partial charge in [0.15, 0.2) is 11.5 Å². The van der Waals surface area contributed by atoms with Gasteiger partial charge >= 0.3 is 0 Å². The number of carbonyl (C=O) groups excluding carboxylic acids is 2. The Kier molecular flexibility index (Phi) is 9.96. The number of hydrogen-bond donors (Lipinski definition) is 1. The van der Waals surface area contributed by atoms with Crippen molar-refractivity contribution in [2.45, 2.75) is 57.7 Å². The molecule has 2 aromatic carbocycles. The third-order valence-corrected chi connectivity index (χ3v) is 7.89. The predicted octanol–water partition coefficient (Wildman–Crippen LogP) is 3.48. The number of nitrogens with zero attached hydrogens (tertiary/aromatic N) is 2. The fourth-order valence-electron chi connectivity index (χ4n) is 4.56. The van der Waals surface area contributed by atoms with Crippen molar-refractivity contribution >= 4 is 27.5 Å². The number of ether oxygens (including phenoxy) is 2. The summed E-state index contributed by atoms with van der Waals surface area (Å²) in [4.78, 5) is 28.1. The van der Waals surface area contributed by atoms with E-state index in [0.29, 0.717) is 5.75 Å². The molecule has 2 aromatic rings. The van der Waals surface area contributed by atoms with Crippen LogP contribution in [0.5, 0.6) is 11.5 Å². The summed E-state index contributed by atoms with van der Waals surface area (Å²) < 4.78 is 51.5. The highest BCUT2D eigenvalue weighted by molar-refractivity contribution is 7.92. The smallest absolute Gasteiger partial charge is 0.244 e. The summed E-state index contributed by atoms with van der Waals surface area (Å²) in [6.45, 7) is 0.774. The highest BCUT2D eigenvalue weighted by Crippen LogP contribution is 2.32. The number of sulfonamides is 1. The van der Waals surface area contributed by atoms with Gasteiger partial charge in [0.2, 0.25) is 21.8 Å². The third-order valence-electron chi connectivity index (χ3n) is 6.75. The van der Waals surface area contributed by atoms with Crippen LogP contribution in [0.1, 0.15) is 44.6 Å². The Labute approximate surface area is 224 Å². The zero-order valence-corrected chi connectivity index (χ0v) is 23.1. The van der Waals surface area contributed by atoms with E-state index < -0.39 is 34.3 Å². The van der Waals surface area contributed by atoms with Crippen LogP contribution >= 0.6 is 0 Å². The molecule has 1 atom stereocenters. The van der Waals surface area contributed by atoms with Crippen molar-refractivity contribution in [3.63, 3.8) is 0 Å². The van der Waals surface area contributed by atoms with Gasteiger partial charge in [0.05, 0.1) is 26.2 Å². The van der Waals surface area contributed by atoms with Crippen molar-refractivity contribution in [2.75, 3.05) is 31.3 Å². The van der Waals surface area contributed by atoms with Gasteiger partial charge in [-0.15, -0.1) is 0 Å². The molecule has 0 spiro atoms. The number of rotatable bonds is 11. The molecule has 0 unspecified atom stereocenters. The maximum atomic E-state index is 14.6. The minimum atomic E-state index is -3.93. The van der Waals surface area contributed by atoms with Crippen LogP contribution in [-0.2, 0) is 26.2 Å². The zero-order chi connectivity index (χ0) is 27.9. The van der Waals surface area contributed by atoms with E-state index in [1.165, 1.54) is 55.5 Å². The number of carbonyl (C=O) groups is 2.